The second-order valence-electron chi connectivity index (χ2n) is 12.0. The molecule has 2 atom stereocenters. The molecule has 2 aliphatic carbocycles. The molecule has 0 spiro atoms. The second-order valence-corrected chi connectivity index (χ2v) is 15.3. The van der Waals surface area contributed by atoms with Crippen LogP contribution in [0.5, 0.6) is 0 Å². The van der Waals surface area contributed by atoms with Crippen molar-refractivity contribution in [2.75, 3.05) is 0 Å². The zero-order valence-corrected chi connectivity index (χ0v) is 31.1. The Bertz CT molecular complexity index is 1680. The molecule has 2 aliphatic rings. The van der Waals surface area contributed by atoms with Crippen LogP contribution in [0.4, 0.5) is 0 Å². The molecule has 0 saturated carbocycles. The van der Waals surface area contributed by atoms with Crippen LogP contribution in [0.1, 0.15) is 49.0 Å². The van der Waals surface area contributed by atoms with Gasteiger partial charge in [-0.3, -0.25) is 0 Å². The van der Waals surface area contributed by atoms with Crippen molar-refractivity contribution in [3.63, 3.8) is 0 Å². The number of allylic oxidation sites excluding steroid dienone is 4. The van der Waals surface area contributed by atoms with E-state index in [1.807, 2.05) is 0 Å². The van der Waals surface area contributed by atoms with Gasteiger partial charge in [-0.25, -0.2) is 0 Å². The SMILES string of the molecule is CC(CCC(O[Si](c1ccccc1)(c1ccccc1)c1ccccc1)c1cccc2c1-c1ccccc1C2)C1=CC=CC1.[Cl-].[Cl-].[Zr+2]. The quantitative estimate of drug-likeness (QED) is 0.155. The van der Waals surface area contributed by atoms with Gasteiger partial charge in [-0.2, -0.15) is 0 Å². The van der Waals surface area contributed by atoms with Crippen molar-refractivity contribution in [2.45, 2.75) is 38.7 Å². The normalized spacial score (nSPS) is 14.1. The van der Waals surface area contributed by atoms with Crippen molar-refractivity contribution in [3.8, 4) is 11.1 Å². The van der Waals surface area contributed by atoms with Gasteiger partial charge in [0.1, 0.15) is 0 Å². The molecule has 0 bridgehead atoms. The van der Waals surface area contributed by atoms with Crippen LogP contribution in [-0.4, -0.2) is 8.32 Å². The maximum absolute atomic E-state index is 7.94. The summed E-state index contributed by atoms with van der Waals surface area (Å²) in [5.74, 6) is 0.506. The van der Waals surface area contributed by atoms with E-state index in [2.05, 4.69) is 159 Å². The zero-order valence-electron chi connectivity index (χ0n) is 26.1. The molecule has 5 aromatic carbocycles. The molecule has 2 unspecified atom stereocenters. The Labute approximate surface area is 306 Å². The maximum atomic E-state index is 7.94. The number of hydrogen-bond donors (Lipinski definition) is 0. The first-order valence-electron chi connectivity index (χ1n) is 15.6. The van der Waals surface area contributed by atoms with E-state index < -0.39 is 8.32 Å². The average molecular weight is 737 g/mol. The third-order valence-corrected chi connectivity index (χ3v) is 13.4. The number of fused-ring (bicyclic) bond motifs is 3. The van der Waals surface area contributed by atoms with Gasteiger partial charge in [0, 0.05) is 0 Å². The summed E-state index contributed by atoms with van der Waals surface area (Å²) in [7, 11) is -2.92. The Morgan fingerprint density at radius 1 is 0.630 bits per heavy atom. The summed E-state index contributed by atoms with van der Waals surface area (Å²) >= 11 is 0. The summed E-state index contributed by atoms with van der Waals surface area (Å²) in [6, 6.07) is 48.9. The van der Waals surface area contributed by atoms with Crippen LogP contribution in [0.3, 0.4) is 0 Å². The van der Waals surface area contributed by atoms with Crippen molar-refractivity contribution < 1.29 is 55.4 Å². The molecule has 0 aliphatic heterocycles. The van der Waals surface area contributed by atoms with E-state index in [1.165, 1.54) is 49.0 Å². The molecule has 0 fully saturated rings. The van der Waals surface area contributed by atoms with Crippen LogP contribution in [-0.2, 0) is 37.1 Å². The van der Waals surface area contributed by atoms with Gasteiger partial charge in [-0.1, -0.05) is 164 Å². The van der Waals surface area contributed by atoms with E-state index in [1.54, 1.807) is 0 Å². The molecule has 5 heteroatoms. The molecule has 0 N–H and O–H groups in total. The predicted octanol–water partition coefficient (Wildman–Crippen LogP) is 2.29. The Balaban J connectivity index is 0.00000160. The van der Waals surface area contributed by atoms with Crippen molar-refractivity contribution in [1.82, 2.24) is 0 Å². The van der Waals surface area contributed by atoms with Gasteiger partial charge >= 0.3 is 26.2 Å². The number of hydrogen-bond acceptors (Lipinski definition) is 1. The Hall–Kier alpha value is -2.78. The van der Waals surface area contributed by atoms with Crippen LogP contribution in [0, 0.1) is 5.92 Å². The van der Waals surface area contributed by atoms with E-state index in [9.17, 15) is 0 Å². The van der Waals surface area contributed by atoms with Gasteiger partial charge < -0.3 is 29.2 Å². The van der Waals surface area contributed by atoms with Crippen molar-refractivity contribution in [1.29, 1.82) is 0 Å². The van der Waals surface area contributed by atoms with Gasteiger partial charge in [0.05, 0.1) is 6.10 Å². The van der Waals surface area contributed by atoms with Crippen LogP contribution in [0.25, 0.3) is 11.1 Å². The summed E-state index contributed by atoms with van der Waals surface area (Å²) in [5.41, 5.74) is 8.43. The van der Waals surface area contributed by atoms with Crippen LogP contribution < -0.4 is 40.4 Å². The first-order chi connectivity index (χ1) is 21.2. The molecule has 0 saturated heterocycles. The van der Waals surface area contributed by atoms with Crippen LogP contribution >= 0.6 is 0 Å². The minimum Gasteiger partial charge on any atom is -1.00 e. The topological polar surface area (TPSA) is 9.23 Å². The largest absolute Gasteiger partial charge is 2.00 e. The van der Waals surface area contributed by atoms with E-state index in [0.717, 1.165) is 25.7 Å². The number of halogens is 2. The van der Waals surface area contributed by atoms with Gasteiger partial charge in [0.25, 0.3) is 8.32 Å². The van der Waals surface area contributed by atoms with Gasteiger partial charge in [0.2, 0.25) is 0 Å². The molecule has 0 heterocycles. The minimum atomic E-state index is -2.92. The summed E-state index contributed by atoms with van der Waals surface area (Å²) in [6.45, 7) is 2.39. The maximum Gasteiger partial charge on any atom is 2.00 e. The van der Waals surface area contributed by atoms with Crippen molar-refractivity contribution in [3.05, 3.63) is 174 Å². The fourth-order valence-electron chi connectivity index (χ4n) is 7.12. The van der Waals surface area contributed by atoms with E-state index in [-0.39, 0.29) is 57.1 Å². The monoisotopic (exact) mass is 734 g/mol. The number of rotatable bonds is 10. The molecule has 7 rings (SSSR count). The molecule has 0 radical (unpaired) electrons. The Kier molecular flexibility index (Phi) is 12.8. The summed E-state index contributed by atoms with van der Waals surface area (Å²) in [6.07, 6.45) is 10.8. The average Bonchev–Trinajstić information content (AvgIpc) is 3.75. The smallest absolute Gasteiger partial charge is 1.00 e. The third kappa shape index (κ3) is 7.05. The van der Waals surface area contributed by atoms with Crippen molar-refractivity contribution >= 4 is 23.9 Å². The third-order valence-electron chi connectivity index (χ3n) is 9.35. The van der Waals surface area contributed by atoms with Crippen LogP contribution in [0.2, 0.25) is 0 Å². The molecule has 230 valence electrons. The fraction of sp³-hybridized carbons (Fsp3) is 0.171. The standard InChI is InChI=1S/C41H38OSi.2ClH.Zr/c1-31(32-16-11-12-17-32)28-29-40(39-27-15-19-34-30-33-18-13-14-26-38(33)41(34)39)42-43(35-20-5-2-6-21-35,36-22-7-3-8-23-36)37-24-9-4-10-25-37;;;/h2-16,18-27,31,40H,17,28-30H2,1H3;2*1H;/q;;;+2/p-2. The Morgan fingerprint density at radius 2 is 1.17 bits per heavy atom. The van der Waals surface area contributed by atoms with E-state index >= 15 is 0 Å². The molecule has 46 heavy (non-hydrogen) atoms. The first-order valence-corrected chi connectivity index (χ1v) is 17.5. The molecule has 1 nitrogen and oxygen atoms in total. The van der Waals surface area contributed by atoms with Gasteiger partial charge in [0.15, 0.2) is 0 Å². The van der Waals surface area contributed by atoms with Crippen LogP contribution in [0.15, 0.2) is 157 Å². The first kappa shape index (κ1) is 36.1. The fourth-order valence-corrected chi connectivity index (χ4v) is 11.2. The number of benzene rings is 5. The molecule has 0 aromatic heterocycles. The Morgan fingerprint density at radius 3 is 1.74 bits per heavy atom. The summed E-state index contributed by atoms with van der Waals surface area (Å²) in [4.78, 5) is 0. The van der Waals surface area contributed by atoms with E-state index in [4.69, 9.17) is 4.43 Å². The van der Waals surface area contributed by atoms with Gasteiger partial charge in [-0.15, -0.1) is 0 Å². The van der Waals surface area contributed by atoms with E-state index in [0.29, 0.717) is 5.92 Å². The van der Waals surface area contributed by atoms with Gasteiger partial charge in [-0.05, 0) is 75.0 Å². The minimum absolute atomic E-state index is 0. The molecule has 5 aromatic rings. The predicted molar refractivity (Wildman–Crippen MR) is 183 cm³/mol. The second kappa shape index (κ2) is 16.4. The summed E-state index contributed by atoms with van der Waals surface area (Å²) < 4.78 is 7.94. The van der Waals surface area contributed by atoms with Crippen molar-refractivity contribution in [2.24, 2.45) is 5.92 Å². The molecule has 0 amide bonds. The summed E-state index contributed by atoms with van der Waals surface area (Å²) in [5, 5.41) is 3.84. The molecular formula is C41H38Cl2OSiZr. The zero-order chi connectivity index (χ0) is 29.1. The molecular weight excluding hydrogens is 699 g/mol.